The Morgan fingerprint density at radius 3 is 2.56 bits per heavy atom. The molecule has 1 aliphatic heterocycles. The fourth-order valence-electron chi connectivity index (χ4n) is 2.02. The van der Waals surface area contributed by atoms with Crippen LogP contribution in [0.4, 0.5) is 0 Å². The largest absolute Gasteiger partial charge is 0.385 e. The molecule has 0 aromatic rings. The number of rotatable bonds is 5. The molecule has 0 radical (unpaired) electrons. The standard InChI is InChI=1S/C11H22N2O2.ClH/c1-12-9-11(14)13-6-3-10(4-7-13)5-8-15-2;/h10,12H,3-9H2,1-2H3;1H. The minimum atomic E-state index is 0. The predicted molar refractivity (Wildman–Crippen MR) is 67.0 cm³/mol. The van der Waals surface area contributed by atoms with Gasteiger partial charge in [0.1, 0.15) is 0 Å². The Hall–Kier alpha value is -0.320. The smallest absolute Gasteiger partial charge is 0.236 e. The first-order valence-corrected chi connectivity index (χ1v) is 5.69. The molecule has 0 aliphatic carbocycles. The number of ether oxygens (including phenoxy) is 1. The molecule has 96 valence electrons. The molecule has 1 fully saturated rings. The maximum Gasteiger partial charge on any atom is 0.236 e. The number of hydrogen-bond acceptors (Lipinski definition) is 3. The van der Waals surface area contributed by atoms with Crippen LogP contribution in [0.15, 0.2) is 0 Å². The van der Waals surface area contributed by atoms with Crippen LogP contribution in [0.3, 0.4) is 0 Å². The number of nitrogens with zero attached hydrogens (tertiary/aromatic N) is 1. The first-order chi connectivity index (χ1) is 7.27. The minimum absolute atomic E-state index is 0. The molecule has 5 heteroatoms. The van der Waals surface area contributed by atoms with E-state index in [1.54, 1.807) is 7.11 Å². The maximum absolute atomic E-state index is 11.6. The van der Waals surface area contributed by atoms with Crippen molar-refractivity contribution in [1.29, 1.82) is 0 Å². The molecule has 0 aromatic heterocycles. The number of likely N-dealkylation sites (tertiary alicyclic amines) is 1. The van der Waals surface area contributed by atoms with Crippen LogP contribution < -0.4 is 5.32 Å². The lowest BCUT2D eigenvalue weighted by atomic mass is 9.94. The van der Waals surface area contributed by atoms with E-state index in [9.17, 15) is 4.79 Å². The summed E-state index contributed by atoms with van der Waals surface area (Å²) in [7, 11) is 3.55. The van der Waals surface area contributed by atoms with Gasteiger partial charge in [0.05, 0.1) is 6.54 Å². The zero-order valence-electron chi connectivity index (χ0n) is 10.2. The Labute approximate surface area is 104 Å². The number of piperidine rings is 1. The van der Waals surface area contributed by atoms with Crippen LogP contribution in [-0.2, 0) is 9.53 Å². The molecule has 0 saturated carbocycles. The van der Waals surface area contributed by atoms with Gasteiger partial charge in [-0.15, -0.1) is 12.4 Å². The summed E-state index contributed by atoms with van der Waals surface area (Å²) >= 11 is 0. The minimum Gasteiger partial charge on any atom is -0.385 e. The van der Waals surface area contributed by atoms with Gasteiger partial charge in [-0.05, 0) is 32.2 Å². The van der Waals surface area contributed by atoms with E-state index in [-0.39, 0.29) is 18.3 Å². The molecule has 1 saturated heterocycles. The Morgan fingerprint density at radius 2 is 2.06 bits per heavy atom. The zero-order chi connectivity index (χ0) is 11.1. The third-order valence-corrected chi connectivity index (χ3v) is 3.03. The topological polar surface area (TPSA) is 41.6 Å². The van der Waals surface area contributed by atoms with Crippen molar-refractivity contribution in [1.82, 2.24) is 10.2 Å². The van der Waals surface area contributed by atoms with Gasteiger partial charge in [0.2, 0.25) is 5.91 Å². The third-order valence-electron chi connectivity index (χ3n) is 3.03. The van der Waals surface area contributed by atoms with Crippen LogP contribution in [0.5, 0.6) is 0 Å². The quantitative estimate of drug-likeness (QED) is 0.789. The summed E-state index contributed by atoms with van der Waals surface area (Å²) in [6, 6.07) is 0. The van der Waals surface area contributed by atoms with E-state index in [2.05, 4.69) is 5.32 Å². The van der Waals surface area contributed by atoms with Crippen LogP contribution in [0.2, 0.25) is 0 Å². The molecule has 1 heterocycles. The normalized spacial score (nSPS) is 17.0. The fraction of sp³-hybridized carbons (Fsp3) is 0.909. The summed E-state index contributed by atoms with van der Waals surface area (Å²) in [5.74, 6) is 0.964. The molecule has 1 amide bonds. The number of amides is 1. The van der Waals surface area contributed by atoms with Gasteiger partial charge in [-0.3, -0.25) is 4.79 Å². The molecule has 0 unspecified atom stereocenters. The van der Waals surface area contributed by atoms with Crippen LogP contribution in [0, 0.1) is 5.92 Å². The summed E-state index contributed by atoms with van der Waals surface area (Å²) in [6.07, 6.45) is 3.38. The van der Waals surface area contributed by atoms with Gasteiger partial charge in [0, 0.05) is 26.8 Å². The van der Waals surface area contributed by atoms with E-state index < -0.39 is 0 Å². The van der Waals surface area contributed by atoms with Crippen molar-refractivity contribution in [2.45, 2.75) is 19.3 Å². The van der Waals surface area contributed by atoms with Crippen molar-refractivity contribution in [3.8, 4) is 0 Å². The van der Waals surface area contributed by atoms with E-state index >= 15 is 0 Å². The Kier molecular flexibility index (Phi) is 8.61. The second-order valence-electron chi connectivity index (χ2n) is 4.14. The van der Waals surface area contributed by atoms with Crippen molar-refractivity contribution in [3.63, 3.8) is 0 Å². The van der Waals surface area contributed by atoms with E-state index in [1.165, 1.54) is 0 Å². The van der Waals surface area contributed by atoms with Gasteiger partial charge < -0.3 is 15.0 Å². The monoisotopic (exact) mass is 250 g/mol. The Balaban J connectivity index is 0.00000225. The molecule has 1 N–H and O–H groups in total. The second-order valence-corrected chi connectivity index (χ2v) is 4.14. The van der Waals surface area contributed by atoms with Gasteiger partial charge in [0.15, 0.2) is 0 Å². The van der Waals surface area contributed by atoms with Gasteiger partial charge in [-0.1, -0.05) is 0 Å². The number of halogens is 1. The highest BCUT2D eigenvalue weighted by Gasteiger charge is 2.21. The van der Waals surface area contributed by atoms with E-state index in [0.717, 1.165) is 44.9 Å². The van der Waals surface area contributed by atoms with Gasteiger partial charge >= 0.3 is 0 Å². The lowest BCUT2D eigenvalue weighted by Crippen LogP contribution is -2.42. The molecular formula is C11H23ClN2O2. The SMILES string of the molecule is CNCC(=O)N1CCC(CCOC)CC1.Cl. The van der Waals surface area contributed by atoms with Gasteiger partial charge in [-0.25, -0.2) is 0 Å². The molecule has 0 atom stereocenters. The van der Waals surface area contributed by atoms with Crippen molar-refractivity contribution < 1.29 is 9.53 Å². The first-order valence-electron chi connectivity index (χ1n) is 5.69. The summed E-state index contributed by atoms with van der Waals surface area (Å²) in [5, 5.41) is 2.90. The average molecular weight is 251 g/mol. The highest BCUT2D eigenvalue weighted by atomic mass is 35.5. The highest BCUT2D eigenvalue weighted by Crippen LogP contribution is 2.20. The number of methoxy groups -OCH3 is 1. The van der Waals surface area contributed by atoms with E-state index in [4.69, 9.17) is 4.74 Å². The van der Waals surface area contributed by atoms with Crippen LogP contribution in [-0.4, -0.2) is 51.2 Å². The average Bonchev–Trinajstić information content (AvgIpc) is 2.27. The molecule has 0 spiro atoms. The Morgan fingerprint density at radius 1 is 1.44 bits per heavy atom. The van der Waals surface area contributed by atoms with Gasteiger partial charge in [-0.2, -0.15) is 0 Å². The second kappa shape index (κ2) is 8.79. The third kappa shape index (κ3) is 5.14. The number of likely N-dealkylation sites (N-methyl/N-ethyl adjacent to an activating group) is 1. The van der Waals surface area contributed by atoms with Gasteiger partial charge in [0.25, 0.3) is 0 Å². The molecular weight excluding hydrogens is 228 g/mol. The maximum atomic E-state index is 11.6. The molecule has 4 nitrogen and oxygen atoms in total. The van der Waals surface area contributed by atoms with Crippen molar-refractivity contribution in [2.24, 2.45) is 5.92 Å². The van der Waals surface area contributed by atoms with E-state index in [0.29, 0.717) is 6.54 Å². The van der Waals surface area contributed by atoms with Crippen LogP contribution >= 0.6 is 12.4 Å². The van der Waals surface area contributed by atoms with E-state index in [1.807, 2.05) is 11.9 Å². The molecule has 0 aromatic carbocycles. The zero-order valence-corrected chi connectivity index (χ0v) is 11.0. The van der Waals surface area contributed by atoms with Crippen molar-refractivity contribution >= 4 is 18.3 Å². The van der Waals surface area contributed by atoms with Crippen molar-refractivity contribution in [3.05, 3.63) is 0 Å². The summed E-state index contributed by atoms with van der Waals surface area (Å²) in [5.41, 5.74) is 0. The fourth-order valence-corrected chi connectivity index (χ4v) is 2.02. The summed E-state index contributed by atoms with van der Waals surface area (Å²) in [6.45, 7) is 3.13. The lowest BCUT2D eigenvalue weighted by molar-refractivity contribution is -0.131. The van der Waals surface area contributed by atoms with Crippen LogP contribution in [0.25, 0.3) is 0 Å². The highest BCUT2D eigenvalue weighted by molar-refractivity contribution is 5.85. The summed E-state index contributed by atoms with van der Waals surface area (Å²) in [4.78, 5) is 13.5. The number of nitrogens with one attached hydrogen (secondary N) is 1. The summed E-state index contributed by atoms with van der Waals surface area (Å²) < 4.78 is 5.07. The molecule has 16 heavy (non-hydrogen) atoms. The Bertz CT molecular complexity index is 194. The lowest BCUT2D eigenvalue weighted by Gasteiger charge is -2.31. The molecule has 1 aliphatic rings. The molecule has 1 rings (SSSR count). The number of hydrogen-bond donors (Lipinski definition) is 1. The van der Waals surface area contributed by atoms with Crippen LogP contribution in [0.1, 0.15) is 19.3 Å². The molecule has 0 bridgehead atoms. The predicted octanol–water partition coefficient (Wildman–Crippen LogP) is 0.903. The van der Waals surface area contributed by atoms with Crippen molar-refractivity contribution in [2.75, 3.05) is 40.4 Å². The number of carbonyl (C=O) groups excluding carboxylic acids is 1. The number of carbonyl (C=O) groups is 1. The first kappa shape index (κ1) is 15.7.